The van der Waals surface area contributed by atoms with Crippen molar-refractivity contribution >= 4 is 28.7 Å². The number of pyridine rings is 1. The van der Waals surface area contributed by atoms with E-state index >= 15 is 0 Å². The van der Waals surface area contributed by atoms with E-state index in [1.54, 1.807) is 0 Å². The standard InChI is InChI=1S/C26H17ClF7NO3/c27-16-6-4-13(21(28)10-16)12-38-22-7-5-15(25(29,30)31)9-19(22)18-3-1-2-17(18)14-8-20(24(36)37)23(35-11-14)26(32,33)34/h4-11H,1-3,12H2,(H,36,37). The Hall–Kier alpha value is -3.60. The van der Waals surface area contributed by atoms with Gasteiger partial charge < -0.3 is 9.84 Å². The van der Waals surface area contributed by atoms with Crippen molar-refractivity contribution < 1.29 is 45.4 Å². The number of aromatic carboxylic acids is 1. The molecule has 4 rings (SSSR count). The highest BCUT2D eigenvalue weighted by molar-refractivity contribution is 6.30. The van der Waals surface area contributed by atoms with Crippen LogP contribution in [0, 0.1) is 5.82 Å². The highest BCUT2D eigenvalue weighted by Gasteiger charge is 2.38. The summed E-state index contributed by atoms with van der Waals surface area (Å²) in [5.41, 5.74) is -2.83. The van der Waals surface area contributed by atoms with Crippen molar-refractivity contribution in [3.63, 3.8) is 0 Å². The van der Waals surface area contributed by atoms with Gasteiger partial charge >= 0.3 is 18.3 Å². The maximum Gasteiger partial charge on any atom is 0.434 e. The largest absolute Gasteiger partial charge is 0.488 e. The maximum absolute atomic E-state index is 14.2. The van der Waals surface area contributed by atoms with Gasteiger partial charge in [-0.15, -0.1) is 0 Å². The second-order valence-electron chi connectivity index (χ2n) is 8.47. The van der Waals surface area contributed by atoms with Crippen molar-refractivity contribution in [2.45, 2.75) is 38.2 Å². The lowest BCUT2D eigenvalue weighted by Gasteiger charge is -2.18. The summed E-state index contributed by atoms with van der Waals surface area (Å²) in [6.07, 6.45) is -7.93. The molecule has 2 aromatic carbocycles. The van der Waals surface area contributed by atoms with Gasteiger partial charge in [0.2, 0.25) is 0 Å². The highest BCUT2D eigenvalue weighted by Crippen LogP contribution is 2.45. The molecule has 3 aromatic rings. The second kappa shape index (κ2) is 10.3. The van der Waals surface area contributed by atoms with Gasteiger partial charge in [0.1, 0.15) is 18.2 Å². The number of ether oxygens (including phenoxy) is 1. The minimum absolute atomic E-state index is 0.0125. The van der Waals surface area contributed by atoms with Gasteiger partial charge in [0.25, 0.3) is 0 Å². The molecule has 1 aliphatic rings. The lowest BCUT2D eigenvalue weighted by atomic mass is 9.94. The smallest absolute Gasteiger partial charge is 0.434 e. The van der Waals surface area contributed by atoms with Crippen molar-refractivity contribution in [3.05, 3.63) is 93.0 Å². The molecule has 1 aliphatic carbocycles. The van der Waals surface area contributed by atoms with Gasteiger partial charge in [0.05, 0.1) is 11.1 Å². The summed E-state index contributed by atoms with van der Waals surface area (Å²) in [6, 6.07) is 7.40. The summed E-state index contributed by atoms with van der Waals surface area (Å²) in [6.45, 7) is -0.338. The summed E-state index contributed by atoms with van der Waals surface area (Å²) >= 11 is 5.75. The molecule has 0 bridgehead atoms. The molecule has 0 radical (unpaired) electrons. The number of benzene rings is 2. The Kier molecular flexibility index (Phi) is 7.42. The summed E-state index contributed by atoms with van der Waals surface area (Å²) in [4.78, 5) is 14.8. The van der Waals surface area contributed by atoms with E-state index in [1.807, 2.05) is 0 Å². The van der Waals surface area contributed by atoms with Crippen molar-refractivity contribution in [2.24, 2.45) is 0 Å². The fourth-order valence-electron chi connectivity index (χ4n) is 4.24. The first-order chi connectivity index (χ1) is 17.8. The van der Waals surface area contributed by atoms with Crippen LogP contribution < -0.4 is 4.74 Å². The highest BCUT2D eigenvalue weighted by atomic mass is 35.5. The van der Waals surface area contributed by atoms with Crippen LogP contribution in [0.5, 0.6) is 5.75 Å². The van der Waals surface area contributed by atoms with E-state index in [1.165, 1.54) is 12.1 Å². The fraction of sp³-hybridized carbons (Fsp3) is 0.231. The first-order valence-electron chi connectivity index (χ1n) is 11.1. The topological polar surface area (TPSA) is 59.4 Å². The number of hydrogen-bond donors (Lipinski definition) is 1. The number of carbonyl (C=O) groups is 1. The predicted molar refractivity (Wildman–Crippen MR) is 124 cm³/mol. The molecule has 0 amide bonds. The minimum Gasteiger partial charge on any atom is -0.488 e. The van der Waals surface area contributed by atoms with Crippen LogP contribution in [0.2, 0.25) is 5.02 Å². The van der Waals surface area contributed by atoms with Crippen molar-refractivity contribution in [1.82, 2.24) is 4.98 Å². The Morgan fingerprint density at radius 2 is 1.68 bits per heavy atom. The minimum atomic E-state index is -5.02. The summed E-state index contributed by atoms with van der Waals surface area (Å²) in [7, 11) is 0. The molecule has 0 unspecified atom stereocenters. The van der Waals surface area contributed by atoms with Gasteiger partial charge in [0.15, 0.2) is 5.69 Å². The van der Waals surface area contributed by atoms with Gasteiger partial charge in [-0.1, -0.05) is 17.7 Å². The third-order valence-electron chi connectivity index (χ3n) is 5.98. The zero-order valence-electron chi connectivity index (χ0n) is 19.2. The van der Waals surface area contributed by atoms with E-state index in [-0.39, 0.29) is 46.9 Å². The zero-order chi connectivity index (χ0) is 27.8. The third kappa shape index (κ3) is 5.77. The van der Waals surface area contributed by atoms with Crippen molar-refractivity contribution in [3.8, 4) is 5.75 Å². The number of allylic oxidation sites excluding steroid dienone is 2. The molecule has 200 valence electrons. The molecule has 1 heterocycles. The van der Waals surface area contributed by atoms with Crippen LogP contribution in [0.3, 0.4) is 0 Å². The van der Waals surface area contributed by atoms with Crippen LogP contribution in [0.25, 0.3) is 11.1 Å². The predicted octanol–water partition coefficient (Wildman–Crippen LogP) is 8.28. The van der Waals surface area contributed by atoms with E-state index < -0.39 is 41.0 Å². The molecule has 38 heavy (non-hydrogen) atoms. The summed E-state index contributed by atoms with van der Waals surface area (Å²) < 4.78 is 100. The lowest BCUT2D eigenvalue weighted by Crippen LogP contribution is -2.15. The Morgan fingerprint density at radius 1 is 0.974 bits per heavy atom. The molecular weight excluding hydrogens is 543 g/mol. The molecule has 0 aliphatic heterocycles. The monoisotopic (exact) mass is 559 g/mol. The second-order valence-corrected chi connectivity index (χ2v) is 8.90. The van der Waals surface area contributed by atoms with Crippen molar-refractivity contribution in [1.29, 1.82) is 0 Å². The van der Waals surface area contributed by atoms with Gasteiger partial charge in [-0.05, 0) is 72.4 Å². The quantitative estimate of drug-likeness (QED) is 0.309. The third-order valence-corrected chi connectivity index (χ3v) is 6.22. The lowest BCUT2D eigenvalue weighted by molar-refractivity contribution is -0.141. The van der Waals surface area contributed by atoms with Crippen LogP contribution in [0.4, 0.5) is 30.7 Å². The van der Waals surface area contributed by atoms with E-state index in [9.17, 15) is 40.6 Å². The van der Waals surface area contributed by atoms with E-state index in [0.29, 0.717) is 17.6 Å². The van der Waals surface area contributed by atoms with Crippen LogP contribution in [-0.4, -0.2) is 16.1 Å². The van der Waals surface area contributed by atoms with E-state index in [0.717, 1.165) is 36.5 Å². The van der Waals surface area contributed by atoms with Crippen LogP contribution in [-0.2, 0) is 19.0 Å². The first kappa shape index (κ1) is 27.4. The molecule has 0 atom stereocenters. The SMILES string of the molecule is O=C(O)c1cc(C2=C(c3cc(C(F)(F)F)ccc3OCc3ccc(Cl)cc3F)CCC2)cnc1C(F)(F)F. The van der Waals surface area contributed by atoms with Crippen LogP contribution >= 0.6 is 11.6 Å². The average molecular weight is 560 g/mol. The van der Waals surface area contributed by atoms with Crippen molar-refractivity contribution in [2.75, 3.05) is 0 Å². The fourth-order valence-corrected chi connectivity index (χ4v) is 4.40. The molecule has 0 saturated carbocycles. The molecule has 1 N–H and O–H groups in total. The Bertz CT molecular complexity index is 1430. The number of nitrogens with zero attached hydrogens (tertiary/aromatic N) is 1. The summed E-state index contributed by atoms with van der Waals surface area (Å²) in [5.74, 6) is -2.54. The number of halogens is 8. The number of rotatable bonds is 6. The van der Waals surface area contributed by atoms with Gasteiger partial charge in [-0.2, -0.15) is 26.3 Å². The van der Waals surface area contributed by atoms with Gasteiger partial charge in [0, 0.05) is 22.3 Å². The number of carboxylic acids is 1. The number of alkyl halides is 6. The van der Waals surface area contributed by atoms with E-state index in [2.05, 4.69) is 4.98 Å². The van der Waals surface area contributed by atoms with Gasteiger partial charge in [-0.25, -0.2) is 9.18 Å². The zero-order valence-corrected chi connectivity index (χ0v) is 19.9. The molecule has 0 fully saturated rings. The summed E-state index contributed by atoms with van der Waals surface area (Å²) in [5, 5.41) is 9.47. The van der Waals surface area contributed by atoms with Crippen LogP contribution in [0.15, 0.2) is 48.7 Å². The molecule has 0 saturated heterocycles. The Balaban J connectivity index is 1.82. The molecule has 4 nitrogen and oxygen atoms in total. The molecule has 0 spiro atoms. The molecular formula is C26H17ClF7NO3. The Labute approximate surface area is 216 Å². The number of hydrogen-bond acceptors (Lipinski definition) is 3. The molecule has 12 heteroatoms. The van der Waals surface area contributed by atoms with Gasteiger partial charge in [-0.3, -0.25) is 4.98 Å². The number of aromatic nitrogens is 1. The normalized spacial score (nSPS) is 14.2. The average Bonchev–Trinajstić information content (AvgIpc) is 3.31. The first-order valence-corrected chi connectivity index (χ1v) is 11.4. The maximum atomic E-state index is 14.2. The van der Waals surface area contributed by atoms with Crippen LogP contribution in [0.1, 0.15) is 57.6 Å². The van der Waals surface area contributed by atoms with E-state index in [4.69, 9.17) is 16.3 Å². The number of carboxylic acid groups (broad SMARTS) is 1. The Morgan fingerprint density at radius 3 is 2.32 bits per heavy atom. The molecule has 1 aromatic heterocycles.